The van der Waals surface area contributed by atoms with E-state index in [-0.39, 0.29) is 5.91 Å². The first-order valence-electron chi connectivity index (χ1n) is 9.03. The molecule has 0 saturated heterocycles. The van der Waals surface area contributed by atoms with Crippen molar-refractivity contribution in [1.29, 1.82) is 5.41 Å². The third-order valence-corrected chi connectivity index (χ3v) is 4.87. The molecule has 2 aromatic rings. The number of benzene rings is 1. The lowest BCUT2D eigenvalue weighted by molar-refractivity contribution is -0.128. The summed E-state index contributed by atoms with van der Waals surface area (Å²) in [5.41, 5.74) is 5.85. The van der Waals surface area contributed by atoms with Crippen molar-refractivity contribution in [2.75, 3.05) is 25.5 Å². The molecule has 0 saturated carbocycles. The summed E-state index contributed by atoms with van der Waals surface area (Å²) in [5.74, 6) is 0.349. The first-order chi connectivity index (χ1) is 13.0. The second-order valence-electron chi connectivity index (χ2n) is 6.61. The molecule has 2 heterocycles. The van der Waals surface area contributed by atoms with Gasteiger partial charge in [0.1, 0.15) is 5.84 Å². The maximum atomic E-state index is 11.7. The summed E-state index contributed by atoms with van der Waals surface area (Å²) in [6, 6.07) is 11.9. The van der Waals surface area contributed by atoms with Crippen LogP contribution in [0.5, 0.6) is 0 Å². The van der Waals surface area contributed by atoms with E-state index < -0.39 is 0 Å². The molecule has 1 aromatic carbocycles. The number of hydrogen-bond donors (Lipinski definition) is 3. The summed E-state index contributed by atoms with van der Waals surface area (Å²) in [5, 5.41) is 14.8. The third-order valence-electron chi connectivity index (χ3n) is 4.87. The van der Waals surface area contributed by atoms with Crippen LogP contribution in [-0.4, -0.2) is 41.8 Å². The van der Waals surface area contributed by atoms with E-state index in [1.807, 2.05) is 44.3 Å². The fraction of sp³-hybridized carbons (Fsp3) is 0.286. The Labute approximate surface area is 159 Å². The predicted octanol–water partition coefficient (Wildman–Crippen LogP) is 3.17. The minimum absolute atomic E-state index is 0.0339. The van der Waals surface area contributed by atoms with E-state index >= 15 is 0 Å². The van der Waals surface area contributed by atoms with Crippen LogP contribution < -0.4 is 10.6 Å². The Kier molecular flexibility index (Phi) is 5.54. The molecule has 1 aromatic heterocycles. The lowest BCUT2D eigenvalue weighted by atomic mass is 10.0. The first-order valence-corrected chi connectivity index (χ1v) is 9.03. The van der Waals surface area contributed by atoms with Gasteiger partial charge in [-0.15, -0.1) is 0 Å². The van der Waals surface area contributed by atoms with Crippen LogP contribution in [0.3, 0.4) is 0 Å². The molecule has 0 fully saturated rings. The van der Waals surface area contributed by atoms with Crippen molar-refractivity contribution >= 4 is 17.4 Å². The maximum Gasteiger partial charge on any atom is 0.219 e. The highest BCUT2D eigenvalue weighted by Gasteiger charge is 2.23. The summed E-state index contributed by atoms with van der Waals surface area (Å²) < 4.78 is 0. The monoisotopic (exact) mass is 363 g/mol. The molecular formula is C21H25N5O. The molecule has 1 aliphatic heterocycles. The number of amidine groups is 1. The first kappa shape index (κ1) is 18.6. The molecule has 6 heteroatoms. The number of hydrogen-bond acceptors (Lipinski definition) is 4. The van der Waals surface area contributed by atoms with Crippen molar-refractivity contribution in [3.63, 3.8) is 0 Å². The number of amides is 1. The Morgan fingerprint density at radius 2 is 1.96 bits per heavy atom. The Morgan fingerprint density at radius 3 is 2.59 bits per heavy atom. The van der Waals surface area contributed by atoms with Gasteiger partial charge in [-0.2, -0.15) is 0 Å². The van der Waals surface area contributed by atoms with Crippen molar-refractivity contribution in [2.24, 2.45) is 0 Å². The number of carbonyl (C=O) groups excluding carboxylic acids is 1. The summed E-state index contributed by atoms with van der Waals surface area (Å²) in [4.78, 5) is 17.8. The highest BCUT2D eigenvalue weighted by molar-refractivity contribution is 6.07. The van der Waals surface area contributed by atoms with Gasteiger partial charge in [0.05, 0.1) is 6.54 Å². The molecule has 0 aliphatic carbocycles. The number of nitrogens with zero attached hydrogens (tertiary/aromatic N) is 2. The Hall–Kier alpha value is -3.15. The van der Waals surface area contributed by atoms with Gasteiger partial charge in [0.15, 0.2) is 0 Å². The standard InChI is InChI=1S/C21H25N5O/c1-14-18(5-4-11-24-14)16-6-8-17(9-7-16)25-21(22)19-13-26(15(2)27)12-10-20(19)23-3/h4-9,11,23H,10,12-13H2,1-3H3,(H2,22,25). The molecular weight excluding hydrogens is 338 g/mol. The van der Waals surface area contributed by atoms with Gasteiger partial charge in [-0.3, -0.25) is 15.2 Å². The molecule has 0 atom stereocenters. The van der Waals surface area contributed by atoms with Gasteiger partial charge >= 0.3 is 0 Å². The molecule has 1 aliphatic rings. The number of rotatable bonds is 4. The second-order valence-corrected chi connectivity index (χ2v) is 6.61. The van der Waals surface area contributed by atoms with E-state index in [1.54, 1.807) is 18.0 Å². The number of anilines is 1. The Bertz CT molecular complexity index is 886. The van der Waals surface area contributed by atoms with Crippen LogP contribution in [0.1, 0.15) is 19.0 Å². The quantitative estimate of drug-likeness (QED) is 0.576. The van der Waals surface area contributed by atoms with E-state index in [0.717, 1.165) is 40.2 Å². The van der Waals surface area contributed by atoms with Crippen molar-refractivity contribution < 1.29 is 4.79 Å². The normalized spacial score (nSPS) is 14.1. The number of pyridine rings is 1. The smallest absolute Gasteiger partial charge is 0.219 e. The van der Waals surface area contributed by atoms with Crippen LogP contribution in [0.25, 0.3) is 11.1 Å². The summed E-state index contributed by atoms with van der Waals surface area (Å²) in [6.07, 6.45) is 2.52. The van der Waals surface area contributed by atoms with Crippen molar-refractivity contribution in [2.45, 2.75) is 20.3 Å². The third kappa shape index (κ3) is 4.16. The largest absolute Gasteiger partial charge is 0.391 e. The van der Waals surface area contributed by atoms with Gasteiger partial charge in [-0.25, -0.2) is 0 Å². The van der Waals surface area contributed by atoms with Crippen molar-refractivity contribution in [3.05, 3.63) is 59.6 Å². The minimum atomic E-state index is 0.0339. The highest BCUT2D eigenvalue weighted by Crippen LogP contribution is 2.24. The van der Waals surface area contributed by atoms with Crippen LogP contribution >= 0.6 is 0 Å². The van der Waals surface area contributed by atoms with Crippen LogP contribution in [0.4, 0.5) is 5.69 Å². The SMILES string of the molecule is CNC1=C(C(=N)Nc2ccc(-c3cccnc3C)cc2)CN(C(C)=O)CC1. The molecule has 27 heavy (non-hydrogen) atoms. The van der Waals surface area contributed by atoms with Crippen molar-refractivity contribution in [1.82, 2.24) is 15.2 Å². The van der Waals surface area contributed by atoms with Gasteiger partial charge < -0.3 is 15.5 Å². The van der Waals surface area contributed by atoms with Gasteiger partial charge in [0.2, 0.25) is 5.91 Å². The molecule has 1 amide bonds. The number of aromatic nitrogens is 1. The van der Waals surface area contributed by atoms with E-state index in [4.69, 9.17) is 5.41 Å². The number of nitrogens with one attached hydrogen (secondary N) is 3. The second kappa shape index (κ2) is 8.03. The predicted molar refractivity (Wildman–Crippen MR) is 109 cm³/mol. The van der Waals surface area contributed by atoms with Crippen LogP contribution in [0.15, 0.2) is 53.9 Å². The molecule has 0 radical (unpaired) electrons. The number of carbonyl (C=O) groups is 1. The summed E-state index contributed by atoms with van der Waals surface area (Å²) in [6.45, 7) is 4.69. The van der Waals surface area contributed by atoms with E-state index in [9.17, 15) is 4.79 Å². The van der Waals surface area contributed by atoms with E-state index in [2.05, 4.69) is 21.7 Å². The Morgan fingerprint density at radius 1 is 1.22 bits per heavy atom. The molecule has 3 rings (SSSR count). The summed E-state index contributed by atoms with van der Waals surface area (Å²) >= 11 is 0. The molecule has 0 bridgehead atoms. The molecule has 140 valence electrons. The zero-order valence-electron chi connectivity index (χ0n) is 16.0. The fourth-order valence-corrected chi connectivity index (χ4v) is 3.28. The van der Waals surface area contributed by atoms with Gasteiger partial charge in [-0.05, 0) is 30.7 Å². The van der Waals surface area contributed by atoms with Crippen LogP contribution in [0, 0.1) is 12.3 Å². The fourth-order valence-electron chi connectivity index (χ4n) is 3.28. The summed E-state index contributed by atoms with van der Waals surface area (Å²) in [7, 11) is 1.86. The lowest BCUT2D eigenvalue weighted by Crippen LogP contribution is -2.40. The maximum absolute atomic E-state index is 11.7. The average molecular weight is 363 g/mol. The minimum Gasteiger partial charge on any atom is -0.391 e. The molecule has 0 spiro atoms. The number of aryl methyl sites for hydroxylation is 1. The van der Waals surface area contributed by atoms with Gasteiger partial charge in [0.25, 0.3) is 0 Å². The van der Waals surface area contributed by atoms with E-state index in [1.165, 1.54) is 0 Å². The van der Waals surface area contributed by atoms with Crippen LogP contribution in [-0.2, 0) is 4.79 Å². The molecule has 3 N–H and O–H groups in total. The molecule has 6 nitrogen and oxygen atoms in total. The van der Waals surface area contributed by atoms with Crippen LogP contribution in [0.2, 0.25) is 0 Å². The molecule has 0 unspecified atom stereocenters. The average Bonchev–Trinajstić information content (AvgIpc) is 2.68. The zero-order valence-corrected chi connectivity index (χ0v) is 16.0. The van der Waals surface area contributed by atoms with E-state index in [0.29, 0.717) is 18.9 Å². The van der Waals surface area contributed by atoms with Crippen molar-refractivity contribution in [3.8, 4) is 11.1 Å². The van der Waals surface area contributed by atoms with Gasteiger partial charge in [0, 0.05) is 61.3 Å². The lowest BCUT2D eigenvalue weighted by Gasteiger charge is -2.30. The topological polar surface area (TPSA) is 81.1 Å². The highest BCUT2D eigenvalue weighted by atomic mass is 16.2. The zero-order chi connectivity index (χ0) is 19.4. The van der Waals surface area contributed by atoms with Gasteiger partial charge in [-0.1, -0.05) is 18.2 Å². The Balaban J connectivity index is 1.76.